The van der Waals surface area contributed by atoms with Gasteiger partial charge in [0, 0.05) is 41.9 Å². The summed E-state index contributed by atoms with van der Waals surface area (Å²) in [5, 5.41) is 2.39. The van der Waals surface area contributed by atoms with Crippen molar-refractivity contribution < 1.29 is 37.3 Å². The molecule has 208 valence electrons. The molecule has 3 aromatic rings. The number of halogens is 2. The number of rotatable bonds is 4. The molecular formula is C26H22F2N4O7S. The van der Waals surface area contributed by atoms with E-state index in [1.54, 1.807) is 22.2 Å². The zero-order valence-corrected chi connectivity index (χ0v) is 21.9. The second kappa shape index (κ2) is 10.4. The zero-order valence-electron chi connectivity index (χ0n) is 21.0. The van der Waals surface area contributed by atoms with Crippen molar-refractivity contribution >= 4 is 23.8 Å². The molecule has 40 heavy (non-hydrogen) atoms. The molecule has 3 aliphatic rings. The van der Waals surface area contributed by atoms with Gasteiger partial charge in [-0.1, -0.05) is 12.1 Å². The average molecular weight is 573 g/mol. The lowest BCUT2D eigenvalue weighted by atomic mass is 9.94. The fourth-order valence-corrected chi connectivity index (χ4v) is 6.25. The lowest BCUT2D eigenvalue weighted by Gasteiger charge is -2.51. The van der Waals surface area contributed by atoms with Crippen LogP contribution >= 0.6 is 11.8 Å². The summed E-state index contributed by atoms with van der Waals surface area (Å²) in [4.78, 5) is 44.2. The number of morpholine rings is 1. The number of pyridine rings is 2. The highest BCUT2D eigenvalue weighted by Gasteiger charge is 2.46. The van der Waals surface area contributed by atoms with E-state index >= 15 is 4.39 Å². The molecule has 1 amide bonds. The van der Waals surface area contributed by atoms with Crippen LogP contribution < -0.4 is 15.2 Å². The SMILES string of the molecule is COC(=O)OCOc1c2n(ccc1=O)N(C1c3cccnc3SCc3c1ccc(F)c3F)C1COCCN1C2=O. The van der Waals surface area contributed by atoms with Gasteiger partial charge in [0.25, 0.3) is 5.91 Å². The van der Waals surface area contributed by atoms with Gasteiger partial charge in [-0.05, 0) is 17.7 Å². The lowest BCUT2D eigenvalue weighted by molar-refractivity contribution is -0.0209. The van der Waals surface area contributed by atoms with E-state index in [1.807, 2.05) is 6.07 Å². The van der Waals surface area contributed by atoms with Crippen molar-refractivity contribution in [1.29, 1.82) is 0 Å². The van der Waals surface area contributed by atoms with E-state index in [0.29, 0.717) is 16.2 Å². The number of nitrogens with zero attached hydrogens (tertiary/aromatic N) is 4. The first-order valence-corrected chi connectivity index (χ1v) is 13.2. The first-order chi connectivity index (χ1) is 19.4. The molecule has 0 bridgehead atoms. The van der Waals surface area contributed by atoms with Crippen molar-refractivity contribution in [1.82, 2.24) is 14.6 Å². The molecule has 3 aliphatic heterocycles. The van der Waals surface area contributed by atoms with Crippen LogP contribution in [0.4, 0.5) is 13.6 Å². The zero-order chi connectivity index (χ0) is 28.0. The van der Waals surface area contributed by atoms with Gasteiger partial charge in [-0.25, -0.2) is 18.6 Å². The maximum atomic E-state index is 15.2. The van der Waals surface area contributed by atoms with E-state index in [1.165, 1.54) is 34.8 Å². The van der Waals surface area contributed by atoms with Gasteiger partial charge in [0.15, 0.2) is 17.3 Å². The number of aromatic nitrogens is 2. The van der Waals surface area contributed by atoms with Crippen molar-refractivity contribution in [2.75, 3.05) is 38.7 Å². The van der Waals surface area contributed by atoms with Crippen LogP contribution in [0.25, 0.3) is 0 Å². The molecule has 0 radical (unpaired) electrons. The summed E-state index contributed by atoms with van der Waals surface area (Å²) in [7, 11) is 1.12. The van der Waals surface area contributed by atoms with Gasteiger partial charge in [-0.15, -0.1) is 11.8 Å². The Balaban J connectivity index is 1.58. The van der Waals surface area contributed by atoms with E-state index in [9.17, 15) is 18.8 Å². The van der Waals surface area contributed by atoms with Crippen molar-refractivity contribution in [3.05, 3.63) is 87.0 Å². The predicted molar refractivity (Wildman–Crippen MR) is 136 cm³/mol. The van der Waals surface area contributed by atoms with E-state index < -0.39 is 48.1 Å². The Morgan fingerprint density at radius 2 is 2.05 bits per heavy atom. The quantitative estimate of drug-likeness (QED) is 0.342. The minimum atomic E-state index is -1.03. The van der Waals surface area contributed by atoms with Crippen LogP contribution in [0.1, 0.15) is 33.2 Å². The highest BCUT2D eigenvalue weighted by atomic mass is 32.2. The molecule has 0 saturated carbocycles. The highest BCUT2D eigenvalue weighted by Crippen LogP contribution is 2.44. The topological polar surface area (TPSA) is 112 Å². The second-order valence-corrected chi connectivity index (χ2v) is 9.98. The molecule has 5 heterocycles. The minimum absolute atomic E-state index is 0.108. The molecule has 1 aromatic carbocycles. The molecule has 1 fully saturated rings. The maximum absolute atomic E-state index is 15.2. The first kappa shape index (κ1) is 26.1. The fourth-order valence-electron chi connectivity index (χ4n) is 5.19. The summed E-state index contributed by atoms with van der Waals surface area (Å²) in [5.41, 5.74) is 0.591. The molecule has 2 atom stereocenters. The van der Waals surface area contributed by atoms with Crippen molar-refractivity contribution in [2.24, 2.45) is 0 Å². The van der Waals surface area contributed by atoms with Gasteiger partial charge in [0.1, 0.15) is 17.2 Å². The van der Waals surface area contributed by atoms with Crippen LogP contribution in [0.5, 0.6) is 5.75 Å². The third-order valence-corrected chi connectivity index (χ3v) is 7.99. The second-order valence-electron chi connectivity index (χ2n) is 9.02. The van der Waals surface area contributed by atoms with Gasteiger partial charge in [0.05, 0.1) is 20.3 Å². The molecule has 0 N–H and O–H groups in total. The first-order valence-electron chi connectivity index (χ1n) is 12.2. The average Bonchev–Trinajstić information content (AvgIpc) is 3.13. The van der Waals surface area contributed by atoms with Gasteiger partial charge < -0.3 is 23.8 Å². The van der Waals surface area contributed by atoms with Gasteiger partial charge in [-0.3, -0.25) is 19.3 Å². The summed E-state index contributed by atoms with van der Waals surface area (Å²) < 4.78 is 51.6. The standard InChI is InChI=1S/C26H22F2N4O7S/c1-36-26(35)39-13-38-23-18(33)6-8-31-22(23)25(34)30-9-10-37-11-19(30)32(31)21-14-4-5-17(27)20(28)16(14)12-40-24-15(21)3-2-7-29-24/h2-8,19,21H,9-13H2,1H3. The third kappa shape index (κ3) is 4.23. The Kier molecular flexibility index (Phi) is 6.80. The van der Waals surface area contributed by atoms with Crippen LogP contribution in [0, 0.1) is 11.6 Å². The number of thioether (sulfide) groups is 1. The number of fused-ring (bicyclic) bond motifs is 4. The van der Waals surface area contributed by atoms with Gasteiger partial charge in [0.2, 0.25) is 18.0 Å². The molecule has 6 rings (SSSR count). The molecule has 2 aromatic heterocycles. The number of amides is 1. The van der Waals surface area contributed by atoms with Gasteiger partial charge in [-0.2, -0.15) is 0 Å². The van der Waals surface area contributed by atoms with Crippen molar-refractivity contribution in [3.63, 3.8) is 0 Å². The molecule has 1 saturated heterocycles. The van der Waals surface area contributed by atoms with Crippen molar-refractivity contribution in [2.45, 2.75) is 23.0 Å². The minimum Gasteiger partial charge on any atom is -0.451 e. The fraction of sp³-hybridized carbons (Fsp3) is 0.308. The van der Waals surface area contributed by atoms with Gasteiger partial charge >= 0.3 is 6.16 Å². The summed E-state index contributed by atoms with van der Waals surface area (Å²) >= 11 is 1.28. The molecule has 11 nitrogen and oxygen atoms in total. The Morgan fingerprint density at radius 1 is 1.20 bits per heavy atom. The van der Waals surface area contributed by atoms with Crippen LogP contribution in [0.15, 0.2) is 52.5 Å². The summed E-state index contributed by atoms with van der Waals surface area (Å²) in [6.07, 6.45) is 1.32. The Morgan fingerprint density at radius 3 is 2.88 bits per heavy atom. The monoisotopic (exact) mass is 572 g/mol. The highest BCUT2D eigenvalue weighted by molar-refractivity contribution is 7.98. The van der Waals surface area contributed by atoms with E-state index in [4.69, 9.17) is 14.2 Å². The number of ether oxygens (including phenoxy) is 4. The van der Waals surface area contributed by atoms with Crippen LogP contribution in [-0.4, -0.2) is 66.4 Å². The number of benzene rings is 1. The maximum Gasteiger partial charge on any atom is 0.510 e. The molecular weight excluding hydrogens is 550 g/mol. The summed E-state index contributed by atoms with van der Waals surface area (Å²) in [6.45, 7) is -0.118. The number of methoxy groups -OCH3 is 1. The van der Waals surface area contributed by atoms with Crippen LogP contribution in [0.2, 0.25) is 0 Å². The molecule has 2 unspecified atom stereocenters. The predicted octanol–water partition coefficient (Wildman–Crippen LogP) is 2.79. The largest absolute Gasteiger partial charge is 0.510 e. The summed E-state index contributed by atoms with van der Waals surface area (Å²) in [5.74, 6) is -2.65. The number of hydrogen-bond donors (Lipinski definition) is 0. The Labute approximate surface area is 230 Å². The Bertz CT molecular complexity index is 1570. The molecule has 14 heteroatoms. The normalized spacial score (nSPS) is 19.5. The summed E-state index contributed by atoms with van der Waals surface area (Å²) in [6, 6.07) is 6.61. The Hall–Kier alpha value is -4.17. The number of carbonyl (C=O) groups excluding carboxylic acids is 2. The van der Waals surface area contributed by atoms with Crippen LogP contribution in [0.3, 0.4) is 0 Å². The van der Waals surface area contributed by atoms with E-state index in [0.717, 1.165) is 13.2 Å². The smallest absolute Gasteiger partial charge is 0.451 e. The lowest BCUT2D eigenvalue weighted by Crippen LogP contribution is -2.66. The number of hydrogen-bond acceptors (Lipinski definition) is 10. The molecule has 0 spiro atoms. The molecule has 0 aliphatic carbocycles. The van der Waals surface area contributed by atoms with Crippen LogP contribution in [-0.2, 0) is 20.0 Å². The van der Waals surface area contributed by atoms with E-state index in [-0.39, 0.29) is 42.5 Å². The van der Waals surface area contributed by atoms with Crippen molar-refractivity contribution in [3.8, 4) is 5.75 Å². The van der Waals surface area contributed by atoms with E-state index in [2.05, 4.69) is 9.72 Å². The number of carbonyl (C=O) groups is 2. The third-order valence-electron chi connectivity index (χ3n) is 6.94.